The van der Waals surface area contributed by atoms with Crippen LogP contribution in [0.2, 0.25) is 0 Å². The summed E-state index contributed by atoms with van der Waals surface area (Å²) in [6.07, 6.45) is 0. The van der Waals surface area contributed by atoms with Crippen molar-refractivity contribution in [2.24, 2.45) is 0 Å². The zero-order valence-electron chi connectivity index (χ0n) is 6.37. The molecule has 0 bridgehead atoms. The van der Waals surface area contributed by atoms with Gasteiger partial charge in [0.15, 0.2) is 5.43 Å². The molecule has 3 rings (SSSR count). The van der Waals surface area contributed by atoms with E-state index in [-0.39, 0.29) is 5.43 Å². The predicted octanol–water partition coefficient (Wildman–Crippen LogP) is 2.13. The van der Waals surface area contributed by atoms with Crippen molar-refractivity contribution >= 4 is 0 Å². The molecule has 0 heterocycles. The van der Waals surface area contributed by atoms with Crippen molar-refractivity contribution in [3.8, 4) is 22.3 Å². The van der Waals surface area contributed by atoms with E-state index in [9.17, 15) is 4.79 Å². The SMILES string of the molecule is O=c1c2cccc-2c2cccc1-2. The second kappa shape index (κ2) is 1.75. The largest absolute Gasteiger partial charge is 0.289 e. The first-order chi connectivity index (χ1) is 5.88. The average Bonchev–Trinajstić information content (AvgIpc) is 2.72. The van der Waals surface area contributed by atoms with Gasteiger partial charge in [-0.3, -0.25) is 4.79 Å². The van der Waals surface area contributed by atoms with Gasteiger partial charge in [-0.1, -0.05) is 36.4 Å². The summed E-state index contributed by atoms with van der Waals surface area (Å²) in [5.41, 5.74) is 4.09. The predicted molar refractivity (Wildman–Crippen MR) is 48.3 cm³/mol. The molecule has 0 radical (unpaired) electrons. The first kappa shape index (κ1) is 5.95. The van der Waals surface area contributed by atoms with Gasteiger partial charge in [-0.2, -0.15) is 0 Å². The second-order valence-corrected chi connectivity index (χ2v) is 3.04. The van der Waals surface area contributed by atoms with Gasteiger partial charge in [0.1, 0.15) is 0 Å². The fourth-order valence-electron chi connectivity index (χ4n) is 1.85. The van der Waals surface area contributed by atoms with Gasteiger partial charge in [0, 0.05) is 11.1 Å². The minimum Gasteiger partial charge on any atom is -0.289 e. The molecule has 3 aliphatic carbocycles. The lowest BCUT2D eigenvalue weighted by Gasteiger charge is -1.86. The third-order valence-electron chi connectivity index (χ3n) is 2.41. The van der Waals surface area contributed by atoms with Crippen LogP contribution in [-0.4, -0.2) is 0 Å². The highest BCUT2D eigenvalue weighted by Gasteiger charge is 2.20. The van der Waals surface area contributed by atoms with Crippen LogP contribution in [0, 0.1) is 0 Å². The van der Waals surface area contributed by atoms with Gasteiger partial charge in [0.2, 0.25) is 0 Å². The summed E-state index contributed by atoms with van der Waals surface area (Å²) >= 11 is 0. The van der Waals surface area contributed by atoms with Crippen molar-refractivity contribution in [1.29, 1.82) is 0 Å². The van der Waals surface area contributed by atoms with Gasteiger partial charge >= 0.3 is 0 Å². The molecular weight excluding hydrogens is 148 g/mol. The van der Waals surface area contributed by atoms with Gasteiger partial charge in [0.05, 0.1) is 0 Å². The molecule has 0 spiro atoms. The quantitative estimate of drug-likeness (QED) is 0.484. The summed E-state index contributed by atoms with van der Waals surface area (Å²) in [5.74, 6) is 0. The molecule has 0 saturated carbocycles. The van der Waals surface area contributed by atoms with Gasteiger partial charge in [-0.25, -0.2) is 0 Å². The fourth-order valence-corrected chi connectivity index (χ4v) is 1.85. The molecule has 0 atom stereocenters. The van der Waals surface area contributed by atoms with E-state index in [2.05, 4.69) is 0 Å². The zero-order valence-corrected chi connectivity index (χ0v) is 6.37. The molecule has 0 aromatic carbocycles. The minimum atomic E-state index is 0.176. The summed E-state index contributed by atoms with van der Waals surface area (Å²) in [7, 11) is 0. The Balaban J connectivity index is 2.65. The Bertz CT molecular complexity index is 455. The monoisotopic (exact) mass is 154 g/mol. The average molecular weight is 154 g/mol. The third-order valence-corrected chi connectivity index (χ3v) is 2.41. The fraction of sp³-hybridized carbons (Fsp3) is 0. The zero-order chi connectivity index (χ0) is 8.13. The van der Waals surface area contributed by atoms with E-state index >= 15 is 0 Å². The number of hydrogen-bond donors (Lipinski definition) is 0. The van der Waals surface area contributed by atoms with E-state index in [0.29, 0.717) is 0 Å². The Labute approximate surface area is 69.6 Å². The molecule has 1 heteroatoms. The molecule has 0 aliphatic heterocycles. The summed E-state index contributed by atoms with van der Waals surface area (Å²) in [5, 5.41) is 0. The highest BCUT2D eigenvalue weighted by molar-refractivity contribution is 5.91. The van der Waals surface area contributed by atoms with E-state index in [4.69, 9.17) is 0 Å². The molecule has 56 valence electrons. The molecule has 0 aromatic heterocycles. The van der Waals surface area contributed by atoms with Gasteiger partial charge in [-0.15, -0.1) is 0 Å². The van der Waals surface area contributed by atoms with Crippen molar-refractivity contribution in [2.75, 3.05) is 0 Å². The molecular formula is C11H6O. The maximum atomic E-state index is 11.6. The molecule has 0 saturated heterocycles. The van der Waals surface area contributed by atoms with E-state index in [1.165, 1.54) is 0 Å². The van der Waals surface area contributed by atoms with Crippen LogP contribution in [0.3, 0.4) is 0 Å². The van der Waals surface area contributed by atoms with Crippen molar-refractivity contribution in [3.05, 3.63) is 46.6 Å². The molecule has 1 nitrogen and oxygen atoms in total. The van der Waals surface area contributed by atoms with Gasteiger partial charge in [-0.05, 0) is 11.1 Å². The second-order valence-electron chi connectivity index (χ2n) is 3.04. The summed E-state index contributed by atoms with van der Waals surface area (Å²) < 4.78 is 0. The Hall–Kier alpha value is -1.63. The van der Waals surface area contributed by atoms with Crippen molar-refractivity contribution in [3.63, 3.8) is 0 Å². The van der Waals surface area contributed by atoms with Crippen molar-refractivity contribution in [2.45, 2.75) is 0 Å². The first-order valence-electron chi connectivity index (χ1n) is 3.94. The van der Waals surface area contributed by atoms with Crippen LogP contribution in [0.5, 0.6) is 0 Å². The van der Waals surface area contributed by atoms with E-state index < -0.39 is 0 Å². The van der Waals surface area contributed by atoms with Crippen LogP contribution in [0.1, 0.15) is 0 Å². The summed E-state index contributed by atoms with van der Waals surface area (Å²) in [6, 6.07) is 11.6. The molecule has 0 N–H and O–H groups in total. The normalized spacial score (nSPS) is 11.7. The van der Waals surface area contributed by atoms with Crippen LogP contribution in [0.4, 0.5) is 0 Å². The molecule has 0 amide bonds. The Kier molecular flexibility index (Phi) is 0.867. The smallest absolute Gasteiger partial charge is 0.194 e. The number of fused-ring (bicyclic) bond motifs is 3. The molecule has 3 aliphatic rings. The highest BCUT2D eigenvalue weighted by Crippen LogP contribution is 2.35. The number of rotatable bonds is 0. The van der Waals surface area contributed by atoms with Gasteiger partial charge < -0.3 is 0 Å². The van der Waals surface area contributed by atoms with E-state index in [0.717, 1.165) is 22.3 Å². The molecule has 12 heavy (non-hydrogen) atoms. The Morgan fingerprint density at radius 1 is 0.667 bits per heavy atom. The standard InChI is InChI=1S/C11H6O/c12-11-9-5-1-3-7(9)8-4-2-6-10(8)11/h1-6H. The lowest BCUT2D eigenvalue weighted by molar-refractivity contribution is 1.74. The van der Waals surface area contributed by atoms with Crippen LogP contribution >= 0.6 is 0 Å². The van der Waals surface area contributed by atoms with E-state index in [1.807, 2.05) is 36.4 Å². The van der Waals surface area contributed by atoms with Gasteiger partial charge in [0.25, 0.3) is 0 Å². The van der Waals surface area contributed by atoms with Crippen LogP contribution in [0.15, 0.2) is 41.2 Å². The Morgan fingerprint density at radius 2 is 1.08 bits per heavy atom. The lowest BCUT2D eigenvalue weighted by Crippen LogP contribution is -1.94. The van der Waals surface area contributed by atoms with Crippen LogP contribution < -0.4 is 5.43 Å². The summed E-state index contributed by atoms with van der Waals surface area (Å²) in [4.78, 5) is 11.6. The van der Waals surface area contributed by atoms with Crippen molar-refractivity contribution < 1.29 is 0 Å². The van der Waals surface area contributed by atoms with Crippen LogP contribution in [-0.2, 0) is 0 Å². The maximum Gasteiger partial charge on any atom is 0.194 e. The molecule has 0 fully saturated rings. The maximum absolute atomic E-state index is 11.6. The highest BCUT2D eigenvalue weighted by atomic mass is 16.1. The van der Waals surface area contributed by atoms with Crippen LogP contribution in [0.25, 0.3) is 22.3 Å². The molecule has 0 unspecified atom stereocenters. The van der Waals surface area contributed by atoms with Crippen molar-refractivity contribution in [1.82, 2.24) is 0 Å². The van der Waals surface area contributed by atoms with E-state index in [1.54, 1.807) is 0 Å². The minimum absolute atomic E-state index is 0.176. The first-order valence-corrected chi connectivity index (χ1v) is 3.94. The molecule has 0 aromatic rings. The summed E-state index contributed by atoms with van der Waals surface area (Å²) in [6.45, 7) is 0. The topological polar surface area (TPSA) is 17.1 Å². The third kappa shape index (κ3) is 0.493. The lowest BCUT2D eigenvalue weighted by atomic mass is 10.2. The Morgan fingerprint density at radius 3 is 1.58 bits per heavy atom. The number of hydrogen-bond acceptors (Lipinski definition) is 1.